The van der Waals surface area contributed by atoms with Gasteiger partial charge in [-0.05, 0) is 72.4 Å². The van der Waals surface area contributed by atoms with Crippen molar-refractivity contribution in [1.82, 2.24) is 0 Å². The summed E-state index contributed by atoms with van der Waals surface area (Å²) in [6, 6.07) is 76.2. The number of benzene rings is 7. The minimum Gasteiger partial charge on any atom is -0.0622 e. The Morgan fingerprint density at radius 1 is 0.227 bits per heavy atom. The molecule has 0 N–H and O–H groups in total. The van der Waals surface area contributed by atoms with Crippen LogP contribution >= 0.6 is 15.2 Å². The highest BCUT2D eigenvalue weighted by Gasteiger charge is 2.47. The predicted molar refractivity (Wildman–Crippen MR) is 196 cm³/mol. The van der Waals surface area contributed by atoms with Crippen LogP contribution in [-0.4, -0.2) is 0 Å². The van der Waals surface area contributed by atoms with Crippen LogP contribution in [0.4, 0.5) is 0 Å². The Kier molecular flexibility index (Phi) is 9.86. The maximum Gasteiger partial charge on any atom is 0.144 e. The first-order valence-electron chi connectivity index (χ1n) is 14.9. The van der Waals surface area contributed by atoms with E-state index < -0.39 is 15.2 Å². The third kappa shape index (κ3) is 6.49. The van der Waals surface area contributed by atoms with E-state index in [4.69, 9.17) is 0 Å². The summed E-state index contributed by atoms with van der Waals surface area (Å²) in [7, 11) is -2.35. The van der Waals surface area contributed by atoms with E-state index in [2.05, 4.69) is 212 Å². The standard InChI is InChI=1S/C24H20P.C18H15P/c1-5-13-21(14-6-1)25(22-15-7-2-8-16-22,23-17-9-3-10-18-23)24-19-11-4-12-20-24;1-4-10-16(11-5-1)19(17-12-6-2-7-13-17)18-14-8-3-9-15-18/h1-20H;1-15H/q+1;. The molecule has 7 aromatic carbocycles. The molecule has 0 bridgehead atoms. The molecule has 2 heteroatoms. The van der Waals surface area contributed by atoms with Gasteiger partial charge < -0.3 is 0 Å². The third-order valence-corrected chi connectivity index (χ3v) is 14.4. The van der Waals surface area contributed by atoms with Crippen LogP contribution < -0.4 is 37.1 Å². The molecule has 0 aliphatic rings. The zero-order valence-corrected chi connectivity index (χ0v) is 26.4. The summed E-state index contributed by atoms with van der Waals surface area (Å²) in [6.45, 7) is 0. The molecule has 0 amide bonds. The van der Waals surface area contributed by atoms with Gasteiger partial charge in [0.1, 0.15) is 28.5 Å². The highest BCUT2D eigenvalue weighted by atomic mass is 31.2. The van der Waals surface area contributed by atoms with Crippen molar-refractivity contribution in [3.8, 4) is 0 Å². The van der Waals surface area contributed by atoms with Crippen molar-refractivity contribution in [2.24, 2.45) is 0 Å². The maximum atomic E-state index is 2.28. The molecule has 44 heavy (non-hydrogen) atoms. The van der Waals surface area contributed by atoms with E-state index in [1.807, 2.05) is 0 Å². The van der Waals surface area contributed by atoms with Crippen LogP contribution in [0.25, 0.3) is 0 Å². The first-order valence-corrected chi connectivity index (χ1v) is 18.1. The van der Waals surface area contributed by atoms with Gasteiger partial charge in [0.15, 0.2) is 0 Å². The first-order chi connectivity index (χ1) is 21.9. The van der Waals surface area contributed by atoms with Crippen LogP contribution in [0.1, 0.15) is 0 Å². The Bertz CT molecular complexity index is 1550. The summed E-state index contributed by atoms with van der Waals surface area (Å²) in [5, 5.41) is 9.74. The van der Waals surface area contributed by atoms with Crippen LogP contribution in [0.3, 0.4) is 0 Å². The molecule has 0 fully saturated rings. The fourth-order valence-electron chi connectivity index (χ4n) is 5.68. The summed E-state index contributed by atoms with van der Waals surface area (Å²) < 4.78 is 0. The van der Waals surface area contributed by atoms with Crippen molar-refractivity contribution in [1.29, 1.82) is 0 Å². The molecular formula is C42H35P2+. The Morgan fingerprint density at radius 3 is 0.614 bits per heavy atom. The number of rotatable bonds is 7. The molecular weight excluding hydrogens is 566 g/mol. The van der Waals surface area contributed by atoms with Crippen molar-refractivity contribution in [3.63, 3.8) is 0 Å². The lowest BCUT2D eigenvalue weighted by molar-refractivity contribution is 1.71. The molecule has 0 saturated heterocycles. The Hall–Kier alpha value is -4.60. The highest BCUT2D eigenvalue weighted by molar-refractivity contribution is 8.01. The molecule has 0 aliphatic carbocycles. The second-order valence-corrected chi connectivity index (χ2v) is 16.0. The van der Waals surface area contributed by atoms with Crippen LogP contribution in [0.5, 0.6) is 0 Å². The lowest BCUT2D eigenvalue weighted by atomic mass is 10.3. The summed E-state index contributed by atoms with van der Waals surface area (Å²) in [4.78, 5) is 0. The van der Waals surface area contributed by atoms with E-state index in [1.165, 1.54) is 37.1 Å². The van der Waals surface area contributed by atoms with Gasteiger partial charge in [0.25, 0.3) is 0 Å². The summed E-state index contributed by atoms with van der Waals surface area (Å²) >= 11 is 0. The first kappa shape index (κ1) is 29.5. The zero-order chi connectivity index (χ0) is 29.9. The molecule has 7 aromatic rings. The summed E-state index contributed by atoms with van der Waals surface area (Å²) in [5.41, 5.74) is 0. The molecule has 212 valence electrons. The van der Waals surface area contributed by atoms with Gasteiger partial charge in [0, 0.05) is 0 Å². The number of hydrogen-bond acceptors (Lipinski definition) is 0. The quantitative estimate of drug-likeness (QED) is 0.164. The van der Waals surface area contributed by atoms with Gasteiger partial charge in [-0.25, -0.2) is 0 Å². The minimum atomic E-state index is -1.91. The van der Waals surface area contributed by atoms with Gasteiger partial charge in [0.05, 0.1) is 0 Å². The minimum absolute atomic E-state index is 0.446. The molecule has 0 radical (unpaired) electrons. The maximum absolute atomic E-state index is 2.28. The molecule has 0 heterocycles. The summed E-state index contributed by atoms with van der Waals surface area (Å²) in [6.07, 6.45) is 0. The topological polar surface area (TPSA) is 0 Å². The fraction of sp³-hybridized carbons (Fsp3) is 0. The van der Waals surface area contributed by atoms with Gasteiger partial charge in [-0.15, -0.1) is 0 Å². The van der Waals surface area contributed by atoms with Gasteiger partial charge in [-0.2, -0.15) is 0 Å². The van der Waals surface area contributed by atoms with E-state index in [0.29, 0.717) is 0 Å². The second kappa shape index (κ2) is 14.7. The van der Waals surface area contributed by atoms with Crippen molar-refractivity contribution in [2.75, 3.05) is 0 Å². The van der Waals surface area contributed by atoms with E-state index >= 15 is 0 Å². The average Bonchev–Trinajstić information content (AvgIpc) is 3.12. The average molecular weight is 602 g/mol. The molecule has 0 aromatic heterocycles. The molecule has 7 rings (SSSR count). The normalized spacial score (nSPS) is 10.9. The lowest BCUT2D eigenvalue weighted by Gasteiger charge is -2.27. The molecule has 0 unspecified atom stereocenters. The molecule has 0 saturated carbocycles. The van der Waals surface area contributed by atoms with Crippen molar-refractivity contribution in [2.45, 2.75) is 0 Å². The van der Waals surface area contributed by atoms with Crippen LogP contribution in [0.15, 0.2) is 212 Å². The van der Waals surface area contributed by atoms with Crippen LogP contribution in [0.2, 0.25) is 0 Å². The molecule has 0 nitrogen and oxygen atoms in total. The Labute approximate surface area is 263 Å². The van der Waals surface area contributed by atoms with Crippen molar-refractivity contribution in [3.05, 3.63) is 212 Å². The smallest absolute Gasteiger partial charge is 0.0622 e. The fourth-order valence-corrected chi connectivity index (χ4v) is 12.3. The Morgan fingerprint density at radius 2 is 0.409 bits per heavy atom. The van der Waals surface area contributed by atoms with Gasteiger partial charge in [-0.3, -0.25) is 0 Å². The largest absolute Gasteiger partial charge is 0.144 e. The zero-order valence-electron chi connectivity index (χ0n) is 24.6. The van der Waals surface area contributed by atoms with E-state index in [-0.39, 0.29) is 0 Å². The third-order valence-electron chi connectivity index (χ3n) is 7.62. The van der Waals surface area contributed by atoms with Crippen LogP contribution in [0, 0.1) is 0 Å². The van der Waals surface area contributed by atoms with E-state index in [0.717, 1.165) is 0 Å². The summed E-state index contributed by atoms with van der Waals surface area (Å²) in [5.74, 6) is 0. The predicted octanol–water partition coefficient (Wildman–Crippen LogP) is 7.75. The van der Waals surface area contributed by atoms with E-state index in [1.54, 1.807) is 0 Å². The van der Waals surface area contributed by atoms with Crippen LogP contribution in [-0.2, 0) is 0 Å². The van der Waals surface area contributed by atoms with Gasteiger partial charge >= 0.3 is 0 Å². The van der Waals surface area contributed by atoms with Gasteiger partial charge in [-0.1, -0.05) is 164 Å². The highest BCUT2D eigenvalue weighted by Crippen LogP contribution is 2.54. The number of hydrogen-bond donors (Lipinski definition) is 0. The van der Waals surface area contributed by atoms with Crippen molar-refractivity contribution < 1.29 is 0 Å². The molecule has 0 atom stereocenters. The van der Waals surface area contributed by atoms with Crippen molar-refractivity contribution >= 4 is 52.3 Å². The second-order valence-electron chi connectivity index (χ2n) is 10.4. The van der Waals surface area contributed by atoms with E-state index in [9.17, 15) is 0 Å². The molecule has 0 spiro atoms. The lowest BCUT2D eigenvalue weighted by Crippen LogP contribution is -2.38. The van der Waals surface area contributed by atoms with Gasteiger partial charge in [0.2, 0.25) is 0 Å². The Balaban J connectivity index is 0.000000162. The monoisotopic (exact) mass is 601 g/mol. The SMILES string of the molecule is c1ccc(P(c2ccccc2)c2ccccc2)cc1.c1ccc([P+](c2ccccc2)(c2ccccc2)c2ccccc2)cc1. The molecule has 0 aliphatic heterocycles.